The lowest BCUT2D eigenvalue weighted by atomic mass is 9.65. The van der Waals surface area contributed by atoms with Gasteiger partial charge in [-0.25, -0.2) is 0 Å². The highest BCUT2D eigenvalue weighted by molar-refractivity contribution is 5.79. The molecule has 20 heavy (non-hydrogen) atoms. The van der Waals surface area contributed by atoms with Crippen LogP contribution in [0.15, 0.2) is 36.5 Å². The SMILES string of the molecule is CC1(C)CCCCC1C(O)c1ccc2ncccc2c1. The Bertz CT molecular complexity index is 605. The molecule has 0 saturated heterocycles. The number of fused-ring (bicyclic) bond motifs is 1. The number of rotatable bonds is 2. The van der Waals surface area contributed by atoms with Crippen molar-refractivity contribution in [3.8, 4) is 0 Å². The van der Waals surface area contributed by atoms with Gasteiger partial charge in [0, 0.05) is 11.6 Å². The molecule has 1 aliphatic rings. The molecule has 0 bridgehead atoms. The third kappa shape index (κ3) is 2.45. The third-order valence-electron chi connectivity index (χ3n) is 4.94. The molecular formula is C18H23NO. The summed E-state index contributed by atoms with van der Waals surface area (Å²) in [6, 6.07) is 10.2. The van der Waals surface area contributed by atoms with E-state index in [0.29, 0.717) is 5.92 Å². The molecule has 0 spiro atoms. The van der Waals surface area contributed by atoms with Crippen molar-refractivity contribution in [1.29, 1.82) is 0 Å². The van der Waals surface area contributed by atoms with Gasteiger partial charge in [-0.1, -0.05) is 38.8 Å². The number of nitrogens with zero attached hydrogens (tertiary/aromatic N) is 1. The zero-order valence-electron chi connectivity index (χ0n) is 12.3. The number of benzene rings is 1. The molecule has 1 aromatic heterocycles. The Morgan fingerprint density at radius 1 is 1.25 bits per heavy atom. The van der Waals surface area contributed by atoms with Crippen LogP contribution >= 0.6 is 0 Å². The number of hydrogen-bond acceptors (Lipinski definition) is 2. The molecule has 1 N–H and O–H groups in total. The van der Waals surface area contributed by atoms with Gasteiger partial charge in [-0.2, -0.15) is 0 Å². The van der Waals surface area contributed by atoms with Gasteiger partial charge in [-0.3, -0.25) is 4.98 Å². The van der Waals surface area contributed by atoms with E-state index in [-0.39, 0.29) is 11.5 Å². The molecule has 0 amide bonds. The van der Waals surface area contributed by atoms with Crippen molar-refractivity contribution < 1.29 is 5.11 Å². The lowest BCUT2D eigenvalue weighted by Gasteiger charge is -2.41. The summed E-state index contributed by atoms with van der Waals surface area (Å²) in [7, 11) is 0. The first kappa shape index (κ1) is 13.6. The van der Waals surface area contributed by atoms with Gasteiger partial charge < -0.3 is 5.11 Å². The maximum Gasteiger partial charge on any atom is 0.0823 e. The van der Waals surface area contributed by atoms with Crippen molar-refractivity contribution in [2.75, 3.05) is 0 Å². The van der Waals surface area contributed by atoms with Crippen LogP contribution in [0, 0.1) is 11.3 Å². The molecule has 2 unspecified atom stereocenters. The second-order valence-electron chi connectivity index (χ2n) is 6.74. The predicted octanol–water partition coefficient (Wildman–Crippen LogP) is 4.48. The molecule has 2 heteroatoms. The highest BCUT2D eigenvalue weighted by atomic mass is 16.3. The molecule has 1 heterocycles. The molecule has 1 fully saturated rings. The normalized spacial score (nSPS) is 23.6. The van der Waals surface area contributed by atoms with E-state index in [9.17, 15) is 5.11 Å². The van der Waals surface area contributed by atoms with Crippen LogP contribution in [0.25, 0.3) is 10.9 Å². The van der Waals surface area contributed by atoms with Crippen molar-refractivity contribution in [3.05, 3.63) is 42.1 Å². The van der Waals surface area contributed by atoms with E-state index in [4.69, 9.17) is 0 Å². The first-order valence-corrected chi connectivity index (χ1v) is 7.61. The molecule has 1 aromatic carbocycles. The van der Waals surface area contributed by atoms with Crippen molar-refractivity contribution in [2.24, 2.45) is 11.3 Å². The first-order chi connectivity index (χ1) is 9.58. The minimum Gasteiger partial charge on any atom is -0.388 e. The predicted molar refractivity (Wildman–Crippen MR) is 82.4 cm³/mol. The Labute approximate surface area is 120 Å². The molecule has 1 aliphatic carbocycles. The summed E-state index contributed by atoms with van der Waals surface area (Å²) >= 11 is 0. The summed E-state index contributed by atoms with van der Waals surface area (Å²) in [5, 5.41) is 11.9. The van der Waals surface area contributed by atoms with Gasteiger partial charge in [0.05, 0.1) is 11.6 Å². The quantitative estimate of drug-likeness (QED) is 0.871. The molecular weight excluding hydrogens is 246 g/mol. The van der Waals surface area contributed by atoms with E-state index in [1.165, 1.54) is 19.3 Å². The second kappa shape index (κ2) is 5.17. The first-order valence-electron chi connectivity index (χ1n) is 7.61. The molecule has 2 aromatic rings. The van der Waals surface area contributed by atoms with E-state index < -0.39 is 0 Å². The minimum atomic E-state index is -0.366. The van der Waals surface area contributed by atoms with Gasteiger partial charge in [0.15, 0.2) is 0 Å². The van der Waals surface area contributed by atoms with Gasteiger partial charge in [-0.15, -0.1) is 0 Å². The number of aliphatic hydroxyl groups excluding tert-OH is 1. The molecule has 0 radical (unpaired) electrons. The second-order valence-corrected chi connectivity index (χ2v) is 6.74. The molecule has 1 saturated carbocycles. The van der Waals surface area contributed by atoms with Crippen molar-refractivity contribution >= 4 is 10.9 Å². The number of hydrogen-bond donors (Lipinski definition) is 1. The Balaban J connectivity index is 1.93. The van der Waals surface area contributed by atoms with Crippen LogP contribution in [0.5, 0.6) is 0 Å². The minimum absolute atomic E-state index is 0.224. The van der Waals surface area contributed by atoms with Crippen LogP contribution in [-0.4, -0.2) is 10.1 Å². The molecule has 2 nitrogen and oxygen atoms in total. The molecule has 0 aliphatic heterocycles. The molecule has 2 atom stereocenters. The number of aliphatic hydroxyl groups is 1. The maximum atomic E-state index is 10.8. The Morgan fingerprint density at radius 3 is 2.90 bits per heavy atom. The molecule has 3 rings (SSSR count). The van der Waals surface area contributed by atoms with E-state index in [1.807, 2.05) is 24.4 Å². The topological polar surface area (TPSA) is 33.1 Å². The lowest BCUT2D eigenvalue weighted by Crippen LogP contribution is -2.32. The Kier molecular flexibility index (Phi) is 3.51. The average molecular weight is 269 g/mol. The summed E-state index contributed by atoms with van der Waals surface area (Å²) in [6.07, 6.45) is 6.30. The maximum absolute atomic E-state index is 10.8. The fourth-order valence-corrected chi connectivity index (χ4v) is 3.62. The molecule has 106 valence electrons. The van der Waals surface area contributed by atoms with E-state index in [2.05, 4.69) is 31.0 Å². The standard InChI is InChI=1S/C18H23NO/c1-18(2)10-4-3-7-15(18)17(20)14-8-9-16-13(12-14)6-5-11-19-16/h5-6,8-9,11-12,15,17,20H,3-4,7,10H2,1-2H3. The zero-order valence-corrected chi connectivity index (χ0v) is 12.3. The van der Waals surface area contributed by atoms with Crippen LogP contribution in [0.4, 0.5) is 0 Å². The van der Waals surface area contributed by atoms with Gasteiger partial charge in [0.1, 0.15) is 0 Å². The third-order valence-corrected chi connectivity index (χ3v) is 4.94. The van der Waals surface area contributed by atoms with Crippen LogP contribution in [0.3, 0.4) is 0 Å². The van der Waals surface area contributed by atoms with Crippen molar-refractivity contribution in [3.63, 3.8) is 0 Å². The Hall–Kier alpha value is -1.41. The van der Waals surface area contributed by atoms with Crippen LogP contribution < -0.4 is 0 Å². The highest BCUT2D eigenvalue weighted by Crippen LogP contribution is 2.46. The summed E-state index contributed by atoms with van der Waals surface area (Å²) in [5.41, 5.74) is 2.25. The van der Waals surface area contributed by atoms with Crippen molar-refractivity contribution in [1.82, 2.24) is 4.98 Å². The van der Waals surface area contributed by atoms with Gasteiger partial charge in [-0.05, 0) is 47.9 Å². The largest absolute Gasteiger partial charge is 0.388 e. The highest BCUT2D eigenvalue weighted by Gasteiger charge is 2.37. The van der Waals surface area contributed by atoms with E-state index in [1.54, 1.807) is 0 Å². The summed E-state index contributed by atoms with van der Waals surface area (Å²) in [4.78, 5) is 4.34. The van der Waals surface area contributed by atoms with Crippen LogP contribution in [0.1, 0.15) is 51.2 Å². The smallest absolute Gasteiger partial charge is 0.0823 e. The summed E-state index contributed by atoms with van der Waals surface area (Å²) in [5.74, 6) is 0.352. The Morgan fingerprint density at radius 2 is 2.10 bits per heavy atom. The van der Waals surface area contributed by atoms with Crippen LogP contribution in [-0.2, 0) is 0 Å². The van der Waals surface area contributed by atoms with E-state index in [0.717, 1.165) is 22.9 Å². The fraction of sp³-hybridized carbons (Fsp3) is 0.500. The lowest BCUT2D eigenvalue weighted by molar-refractivity contribution is 0.00392. The van der Waals surface area contributed by atoms with Crippen molar-refractivity contribution in [2.45, 2.75) is 45.6 Å². The summed E-state index contributed by atoms with van der Waals surface area (Å²) < 4.78 is 0. The van der Waals surface area contributed by atoms with Gasteiger partial charge in [0.25, 0.3) is 0 Å². The monoisotopic (exact) mass is 269 g/mol. The number of aromatic nitrogens is 1. The van der Waals surface area contributed by atoms with Gasteiger partial charge in [0.2, 0.25) is 0 Å². The number of pyridine rings is 1. The van der Waals surface area contributed by atoms with Crippen LogP contribution in [0.2, 0.25) is 0 Å². The van der Waals surface area contributed by atoms with E-state index >= 15 is 0 Å². The average Bonchev–Trinajstić information content (AvgIpc) is 2.45. The van der Waals surface area contributed by atoms with Gasteiger partial charge >= 0.3 is 0 Å². The summed E-state index contributed by atoms with van der Waals surface area (Å²) in [6.45, 7) is 4.59. The fourth-order valence-electron chi connectivity index (χ4n) is 3.62. The zero-order chi connectivity index (χ0) is 14.2.